The van der Waals surface area contributed by atoms with Crippen LogP contribution < -0.4 is 9.47 Å². The van der Waals surface area contributed by atoms with Crippen LogP contribution in [0.3, 0.4) is 0 Å². The van der Waals surface area contributed by atoms with Gasteiger partial charge in [0.2, 0.25) is 0 Å². The molecule has 3 heteroatoms. The summed E-state index contributed by atoms with van der Waals surface area (Å²) in [5.74, 6) is 1.66. The van der Waals surface area contributed by atoms with Gasteiger partial charge >= 0.3 is 0 Å². The number of aliphatic hydroxyl groups is 1. The molecule has 2 aliphatic heterocycles. The van der Waals surface area contributed by atoms with Gasteiger partial charge in [-0.1, -0.05) is 36.4 Å². The van der Waals surface area contributed by atoms with Crippen molar-refractivity contribution < 1.29 is 14.6 Å². The summed E-state index contributed by atoms with van der Waals surface area (Å²) in [5.41, 5.74) is 0.970. The van der Waals surface area contributed by atoms with Gasteiger partial charge in [0.25, 0.3) is 0 Å². The Bertz CT molecular complexity index is 637. The SMILES string of the molecule is O[C@]12COc3ccccc3[C@@H]1Oc1ccccc1C2. The third kappa shape index (κ3) is 1.55. The maximum atomic E-state index is 10.8. The van der Waals surface area contributed by atoms with Crippen LogP contribution in [0.25, 0.3) is 0 Å². The number of ether oxygens (including phenoxy) is 2. The van der Waals surface area contributed by atoms with Crippen molar-refractivity contribution in [3.05, 3.63) is 59.7 Å². The standard InChI is InChI=1S/C16H14O3/c17-16-9-11-5-1-3-7-13(11)19-15(16)12-6-2-4-8-14(12)18-10-16/h1-8,15,17H,9-10H2/t15-,16+/m0/s1. The average Bonchev–Trinajstić information content (AvgIpc) is 2.45. The summed E-state index contributed by atoms with van der Waals surface area (Å²) in [4.78, 5) is 0. The Balaban J connectivity index is 1.85. The first-order valence-corrected chi connectivity index (χ1v) is 6.45. The number of para-hydroxylation sites is 2. The number of fused-ring (bicyclic) bond motifs is 4. The summed E-state index contributed by atoms with van der Waals surface area (Å²) in [6.45, 7) is 0.267. The van der Waals surface area contributed by atoms with E-state index in [2.05, 4.69) is 0 Å². The molecule has 0 amide bonds. The quantitative estimate of drug-likeness (QED) is 0.785. The van der Waals surface area contributed by atoms with Crippen molar-refractivity contribution in [2.75, 3.05) is 6.61 Å². The fraction of sp³-hybridized carbons (Fsp3) is 0.250. The van der Waals surface area contributed by atoms with Crippen LogP contribution in [0.15, 0.2) is 48.5 Å². The lowest BCUT2D eigenvalue weighted by Gasteiger charge is -2.44. The maximum absolute atomic E-state index is 10.8. The summed E-state index contributed by atoms with van der Waals surface area (Å²) in [6.07, 6.45) is 0.203. The molecular weight excluding hydrogens is 240 g/mol. The lowest BCUT2D eigenvalue weighted by molar-refractivity contribution is -0.113. The van der Waals surface area contributed by atoms with Gasteiger partial charge < -0.3 is 14.6 Å². The fourth-order valence-electron chi connectivity index (χ4n) is 2.93. The zero-order valence-corrected chi connectivity index (χ0v) is 10.4. The van der Waals surface area contributed by atoms with E-state index < -0.39 is 5.60 Å². The first kappa shape index (κ1) is 10.9. The highest BCUT2D eigenvalue weighted by Crippen LogP contribution is 2.46. The predicted octanol–water partition coefficient (Wildman–Crippen LogP) is 2.49. The minimum Gasteiger partial charge on any atom is -0.490 e. The van der Waals surface area contributed by atoms with Crippen molar-refractivity contribution in [1.82, 2.24) is 0 Å². The molecule has 19 heavy (non-hydrogen) atoms. The molecule has 0 saturated carbocycles. The Morgan fingerprint density at radius 2 is 1.74 bits per heavy atom. The lowest BCUT2D eigenvalue weighted by Crippen LogP contribution is -2.51. The molecule has 0 spiro atoms. The molecule has 96 valence electrons. The minimum atomic E-state index is -0.983. The van der Waals surface area contributed by atoms with Crippen LogP contribution in [-0.2, 0) is 6.42 Å². The first-order valence-electron chi connectivity index (χ1n) is 6.45. The Kier molecular flexibility index (Phi) is 2.15. The molecule has 0 unspecified atom stereocenters. The van der Waals surface area contributed by atoms with Crippen molar-refractivity contribution in [3.63, 3.8) is 0 Å². The highest BCUT2D eigenvalue weighted by molar-refractivity contribution is 5.45. The van der Waals surface area contributed by atoms with Crippen molar-refractivity contribution in [2.45, 2.75) is 18.1 Å². The molecule has 0 saturated heterocycles. The van der Waals surface area contributed by atoms with Crippen LogP contribution >= 0.6 is 0 Å². The van der Waals surface area contributed by atoms with Crippen LogP contribution in [0, 0.1) is 0 Å². The second-order valence-corrected chi connectivity index (χ2v) is 5.21. The zero-order valence-electron chi connectivity index (χ0n) is 10.4. The number of hydrogen-bond donors (Lipinski definition) is 1. The molecule has 2 atom stereocenters. The Morgan fingerprint density at radius 3 is 2.63 bits per heavy atom. The van der Waals surface area contributed by atoms with Crippen LogP contribution in [0.4, 0.5) is 0 Å². The highest BCUT2D eigenvalue weighted by Gasteiger charge is 2.48. The molecular formula is C16H14O3. The number of benzene rings is 2. The van der Waals surface area contributed by atoms with Gasteiger partial charge in [0.1, 0.15) is 23.7 Å². The largest absolute Gasteiger partial charge is 0.490 e. The summed E-state index contributed by atoms with van der Waals surface area (Å²) in [5, 5.41) is 10.8. The van der Waals surface area contributed by atoms with Crippen LogP contribution in [0.2, 0.25) is 0 Å². The Morgan fingerprint density at radius 1 is 1.00 bits per heavy atom. The molecule has 0 aliphatic carbocycles. The van der Waals surface area contributed by atoms with E-state index in [4.69, 9.17) is 9.47 Å². The van der Waals surface area contributed by atoms with Gasteiger partial charge in [-0.15, -0.1) is 0 Å². The molecule has 3 nitrogen and oxygen atoms in total. The lowest BCUT2D eigenvalue weighted by atomic mass is 9.81. The molecule has 2 aromatic carbocycles. The van der Waals surface area contributed by atoms with E-state index in [0.29, 0.717) is 6.42 Å². The van der Waals surface area contributed by atoms with E-state index in [-0.39, 0.29) is 12.7 Å². The maximum Gasteiger partial charge on any atom is 0.160 e. The molecule has 2 aromatic rings. The van der Waals surface area contributed by atoms with Gasteiger partial charge in [0.05, 0.1) is 0 Å². The highest BCUT2D eigenvalue weighted by atomic mass is 16.5. The molecule has 2 heterocycles. The van der Waals surface area contributed by atoms with Crippen molar-refractivity contribution in [3.8, 4) is 11.5 Å². The summed E-state index contributed by atoms with van der Waals surface area (Å²) in [6, 6.07) is 15.6. The monoisotopic (exact) mass is 254 g/mol. The van der Waals surface area contributed by atoms with Gasteiger partial charge in [-0.25, -0.2) is 0 Å². The molecule has 0 radical (unpaired) electrons. The molecule has 2 aliphatic rings. The molecule has 1 N–H and O–H groups in total. The van der Waals surface area contributed by atoms with Gasteiger partial charge in [-0.05, 0) is 17.7 Å². The van der Waals surface area contributed by atoms with Crippen molar-refractivity contribution in [2.24, 2.45) is 0 Å². The minimum absolute atomic E-state index is 0.267. The van der Waals surface area contributed by atoms with E-state index >= 15 is 0 Å². The Hall–Kier alpha value is -2.00. The predicted molar refractivity (Wildman–Crippen MR) is 70.4 cm³/mol. The second-order valence-electron chi connectivity index (χ2n) is 5.21. The third-order valence-electron chi connectivity index (χ3n) is 3.88. The van der Waals surface area contributed by atoms with E-state index in [1.54, 1.807) is 0 Å². The smallest absolute Gasteiger partial charge is 0.160 e. The van der Waals surface area contributed by atoms with Crippen molar-refractivity contribution in [1.29, 1.82) is 0 Å². The van der Waals surface area contributed by atoms with E-state index in [1.807, 2.05) is 48.5 Å². The number of hydrogen-bond acceptors (Lipinski definition) is 3. The average molecular weight is 254 g/mol. The molecule has 0 aromatic heterocycles. The van der Waals surface area contributed by atoms with Gasteiger partial charge in [0, 0.05) is 12.0 Å². The normalized spacial score (nSPS) is 27.3. The van der Waals surface area contributed by atoms with Crippen molar-refractivity contribution >= 4 is 0 Å². The Labute approximate surface area is 111 Å². The van der Waals surface area contributed by atoms with E-state index in [9.17, 15) is 5.11 Å². The van der Waals surface area contributed by atoms with Crippen LogP contribution in [0.5, 0.6) is 11.5 Å². The number of rotatable bonds is 0. The molecule has 0 fully saturated rings. The van der Waals surface area contributed by atoms with Gasteiger partial charge in [-0.2, -0.15) is 0 Å². The van der Waals surface area contributed by atoms with Gasteiger partial charge in [-0.3, -0.25) is 0 Å². The topological polar surface area (TPSA) is 38.7 Å². The summed E-state index contributed by atoms with van der Waals surface area (Å²) >= 11 is 0. The van der Waals surface area contributed by atoms with Crippen LogP contribution in [0.1, 0.15) is 17.2 Å². The summed E-state index contributed by atoms with van der Waals surface area (Å²) in [7, 11) is 0. The summed E-state index contributed by atoms with van der Waals surface area (Å²) < 4.78 is 11.7. The molecule has 0 bridgehead atoms. The zero-order chi connectivity index (χ0) is 12.9. The second kappa shape index (κ2) is 3.75. The third-order valence-corrected chi connectivity index (χ3v) is 3.88. The van der Waals surface area contributed by atoms with Crippen LogP contribution in [-0.4, -0.2) is 17.3 Å². The van der Waals surface area contributed by atoms with E-state index in [1.165, 1.54) is 0 Å². The van der Waals surface area contributed by atoms with Gasteiger partial charge in [0.15, 0.2) is 6.10 Å². The first-order chi connectivity index (χ1) is 9.26. The van der Waals surface area contributed by atoms with E-state index in [0.717, 1.165) is 22.6 Å². The molecule has 4 rings (SSSR count). The fourth-order valence-corrected chi connectivity index (χ4v) is 2.93.